The molecule has 0 fully saturated rings. The van der Waals surface area contributed by atoms with Gasteiger partial charge < -0.3 is 18.9 Å². The van der Waals surface area contributed by atoms with E-state index in [0.717, 1.165) is 16.9 Å². The van der Waals surface area contributed by atoms with E-state index in [9.17, 15) is 10.1 Å². The average molecular weight is 429 g/mol. The summed E-state index contributed by atoms with van der Waals surface area (Å²) in [5.74, 6) is 1.33. The van der Waals surface area contributed by atoms with Gasteiger partial charge in [0, 0.05) is 0 Å². The molecule has 0 heterocycles. The first-order chi connectivity index (χ1) is 15.6. The zero-order valence-corrected chi connectivity index (χ0v) is 17.9. The van der Waals surface area contributed by atoms with Crippen molar-refractivity contribution < 1.29 is 23.7 Å². The van der Waals surface area contributed by atoms with Crippen molar-refractivity contribution in [3.05, 3.63) is 83.9 Å². The highest BCUT2D eigenvalue weighted by atomic mass is 16.6. The highest BCUT2D eigenvalue weighted by molar-refractivity contribution is 5.89. The SMILES string of the molecule is CCOc1ccc(OCC(=O)Oc2ccc(/C=C(/C#N)c3ccccc3)cc2OC)cc1. The standard InChI is InChI=1S/C26H23NO5/c1-3-30-22-10-12-23(13-11-22)31-18-26(28)32-24-14-9-19(16-25(24)29-2)15-21(17-27)20-7-5-4-6-8-20/h4-16H,3,18H2,1-2H3/b21-15-. The smallest absolute Gasteiger partial charge is 0.349 e. The van der Waals surface area contributed by atoms with Gasteiger partial charge in [-0.3, -0.25) is 0 Å². The summed E-state index contributed by atoms with van der Waals surface area (Å²) in [6, 6.07) is 23.6. The molecular weight excluding hydrogens is 406 g/mol. The molecule has 6 nitrogen and oxygen atoms in total. The molecule has 0 N–H and O–H groups in total. The lowest BCUT2D eigenvalue weighted by Crippen LogP contribution is -2.18. The van der Waals surface area contributed by atoms with Gasteiger partial charge in [-0.1, -0.05) is 36.4 Å². The van der Waals surface area contributed by atoms with Crippen LogP contribution in [0.5, 0.6) is 23.0 Å². The molecule has 3 aromatic carbocycles. The van der Waals surface area contributed by atoms with E-state index in [0.29, 0.717) is 23.7 Å². The molecule has 32 heavy (non-hydrogen) atoms. The molecule has 0 bridgehead atoms. The van der Waals surface area contributed by atoms with Gasteiger partial charge in [0.15, 0.2) is 18.1 Å². The third kappa shape index (κ3) is 6.13. The summed E-state index contributed by atoms with van der Waals surface area (Å²) in [4.78, 5) is 12.2. The molecular formula is C26H23NO5. The first-order valence-electron chi connectivity index (χ1n) is 10.0. The van der Waals surface area contributed by atoms with Crippen molar-refractivity contribution in [2.75, 3.05) is 20.3 Å². The number of hydrogen-bond donors (Lipinski definition) is 0. The van der Waals surface area contributed by atoms with Gasteiger partial charge in [-0.05, 0) is 60.5 Å². The Kier molecular flexibility index (Phi) is 7.88. The molecule has 0 saturated heterocycles. The Labute approximate surface area is 187 Å². The molecule has 0 aliphatic carbocycles. The summed E-state index contributed by atoms with van der Waals surface area (Å²) in [7, 11) is 1.49. The predicted octanol–water partition coefficient (Wildman–Crippen LogP) is 5.14. The van der Waals surface area contributed by atoms with Gasteiger partial charge >= 0.3 is 5.97 Å². The summed E-state index contributed by atoms with van der Waals surface area (Å²) >= 11 is 0. The molecule has 162 valence electrons. The Bertz CT molecular complexity index is 1120. The first-order valence-corrected chi connectivity index (χ1v) is 10.0. The number of nitrogens with zero attached hydrogens (tertiary/aromatic N) is 1. The number of methoxy groups -OCH3 is 1. The van der Waals surface area contributed by atoms with Gasteiger partial charge in [-0.15, -0.1) is 0 Å². The fourth-order valence-electron chi connectivity index (χ4n) is 2.92. The average Bonchev–Trinajstić information content (AvgIpc) is 2.83. The van der Waals surface area contributed by atoms with Crippen LogP contribution in [0.3, 0.4) is 0 Å². The van der Waals surface area contributed by atoms with E-state index in [4.69, 9.17) is 18.9 Å². The van der Waals surface area contributed by atoms with E-state index >= 15 is 0 Å². The van der Waals surface area contributed by atoms with Crippen LogP contribution in [0, 0.1) is 11.3 Å². The summed E-state index contributed by atoms with van der Waals surface area (Å²) < 4.78 is 21.6. The maximum absolute atomic E-state index is 12.2. The van der Waals surface area contributed by atoms with Crippen molar-refractivity contribution in [2.45, 2.75) is 6.92 Å². The van der Waals surface area contributed by atoms with Crippen LogP contribution in [-0.2, 0) is 4.79 Å². The second-order valence-corrected chi connectivity index (χ2v) is 6.61. The lowest BCUT2D eigenvalue weighted by Gasteiger charge is -2.11. The van der Waals surface area contributed by atoms with Gasteiger partial charge in [0.05, 0.1) is 25.4 Å². The number of ether oxygens (including phenoxy) is 4. The monoisotopic (exact) mass is 429 g/mol. The van der Waals surface area contributed by atoms with Crippen molar-refractivity contribution in [2.24, 2.45) is 0 Å². The van der Waals surface area contributed by atoms with Gasteiger partial charge in [-0.2, -0.15) is 5.26 Å². The minimum atomic E-state index is -0.567. The third-order valence-electron chi connectivity index (χ3n) is 4.42. The quantitative estimate of drug-likeness (QED) is 0.203. The minimum absolute atomic E-state index is 0.259. The number of nitriles is 1. The Morgan fingerprint density at radius 2 is 1.62 bits per heavy atom. The first kappa shape index (κ1) is 22.4. The number of hydrogen-bond acceptors (Lipinski definition) is 6. The fourth-order valence-corrected chi connectivity index (χ4v) is 2.92. The van der Waals surface area contributed by atoms with Crippen molar-refractivity contribution in [1.29, 1.82) is 5.26 Å². The van der Waals surface area contributed by atoms with Crippen LogP contribution in [0.4, 0.5) is 0 Å². The van der Waals surface area contributed by atoms with Gasteiger partial charge in [0.1, 0.15) is 11.5 Å². The van der Waals surface area contributed by atoms with E-state index in [1.165, 1.54) is 7.11 Å². The van der Waals surface area contributed by atoms with Crippen molar-refractivity contribution in [3.63, 3.8) is 0 Å². The van der Waals surface area contributed by atoms with Crippen LogP contribution in [0.15, 0.2) is 72.8 Å². The molecule has 3 aromatic rings. The highest BCUT2D eigenvalue weighted by Crippen LogP contribution is 2.30. The molecule has 0 aliphatic heterocycles. The van der Waals surface area contributed by atoms with Crippen molar-refractivity contribution in [1.82, 2.24) is 0 Å². The lowest BCUT2D eigenvalue weighted by atomic mass is 10.0. The Morgan fingerprint density at radius 3 is 2.25 bits per heavy atom. The number of esters is 1. The molecule has 0 unspecified atom stereocenters. The van der Waals surface area contributed by atoms with Crippen LogP contribution in [-0.4, -0.2) is 26.3 Å². The van der Waals surface area contributed by atoms with E-state index in [1.54, 1.807) is 48.5 Å². The summed E-state index contributed by atoms with van der Waals surface area (Å²) in [6.45, 7) is 2.22. The van der Waals surface area contributed by atoms with Crippen molar-refractivity contribution >= 4 is 17.6 Å². The van der Waals surface area contributed by atoms with Crippen LogP contribution in [0.1, 0.15) is 18.1 Å². The van der Waals surface area contributed by atoms with E-state index in [1.807, 2.05) is 37.3 Å². The maximum Gasteiger partial charge on any atom is 0.349 e. The second-order valence-electron chi connectivity index (χ2n) is 6.61. The van der Waals surface area contributed by atoms with E-state index < -0.39 is 5.97 Å². The largest absolute Gasteiger partial charge is 0.494 e. The van der Waals surface area contributed by atoms with Crippen molar-refractivity contribution in [3.8, 4) is 29.1 Å². The minimum Gasteiger partial charge on any atom is -0.494 e. The van der Waals surface area contributed by atoms with E-state index in [-0.39, 0.29) is 12.4 Å². The number of allylic oxidation sites excluding steroid dienone is 1. The molecule has 0 radical (unpaired) electrons. The molecule has 0 atom stereocenters. The van der Waals surface area contributed by atoms with Crippen LogP contribution < -0.4 is 18.9 Å². The normalized spacial score (nSPS) is 10.7. The molecule has 0 spiro atoms. The second kappa shape index (κ2) is 11.2. The molecule has 3 rings (SSSR count). The van der Waals surface area contributed by atoms with Gasteiger partial charge in [-0.25, -0.2) is 4.79 Å². The number of rotatable bonds is 9. The molecule has 0 aliphatic rings. The summed E-state index contributed by atoms with van der Waals surface area (Å²) in [5.41, 5.74) is 2.07. The topological polar surface area (TPSA) is 77.8 Å². The van der Waals surface area contributed by atoms with E-state index in [2.05, 4.69) is 6.07 Å². The Hall–Kier alpha value is -4.24. The lowest BCUT2D eigenvalue weighted by molar-refractivity contribution is -0.136. The molecule has 0 saturated carbocycles. The van der Waals surface area contributed by atoms with Crippen LogP contribution >= 0.6 is 0 Å². The number of benzene rings is 3. The zero-order chi connectivity index (χ0) is 22.8. The number of carbonyl (C=O) groups excluding carboxylic acids is 1. The maximum atomic E-state index is 12.2. The highest BCUT2D eigenvalue weighted by Gasteiger charge is 2.12. The number of carbonyl (C=O) groups is 1. The van der Waals surface area contributed by atoms with Gasteiger partial charge in [0.2, 0.25) is 0 Å². The van der Waals surface area contributed by atoms with Crippen LogP contribution in [0.2, 0.25) is 0 Å². The zero-order valence-electron chi connectivity index (χ0n) is 17.9. The Morgan fingerprint density at radius 1 is 0.938 bits per heavy atom. The van der Waals surface area contributed by atoms with Crippen LogP contribution in [0.25, 0.3) is 11.6 Å². The third-order valence-corrected chi connectivity index (χ3v) is 4.42. The fraction of sp³-hybridized carbons (Fsp3) is 0.154. The molecule has 0 amide bonds. The van der Waals surface area contributed by atoms with Gasteiger partial charge in [0.25, 0.3) is 0 Å². The molecule has 6 heteroatoms. The Balaban J connectivity index is 1.66. The summed E-state index contributed by atoms with van der Waals surface area (Å²) in [5, 5.41) is 9.50. The molecule has 0 aromatic heterocycles. The summed E-state index contributed by atoms with van der Waals surface area (Å²) in [6.07, 6.45) is 1.75. The predicted molar refractivity (Wildman–Crippen MR) is 122 cm³/mol.